The molecule has 3 aromatic carbocycles. The lowest BCUT2D eigenvalue weighted by Crippen LogP contribution is -2.19. The van der Waals surface area contributed by atoms with E-state index in [0.717, 1.165) is 44.7 Å². The standard InChI is InChI=1S/C24H24N2O5/c1-26(2)5-6-29-24-20-8-16(12-28)15(11-27)7-19(20)17-4-3-14-9-21-22(31-13-30-21)10-18(14)23(17)25-24/h3-4,7-10,27-28H,5-6,11-13H2,1-2H3. The molecule has 0 atom stereocenters. The van der Waals surface area contributed by atoms with E-state index < -0.39 is 0 Å². The fraction of sp³-hybridized carbons (Fsp3) is 0.292. The molecule has 31 heavy (non-hydrogen) atoms. The monoisotopic (exact) mass is 420 g/mol. The van der Waals surface area contributed by atoms with Crippen molar-refractivity contribution in [1.82, 2.24) is 9.88 Å². The molecule has 0 saturated carbocycles. The molecule has 0 saturated heterocycles. The third-order valence-corrected chi connectivity index (χ3v) is 5.68. The SMILES string of the molecule is CN(C)CCOc1nc2c3cc4c(cc3ccc2c2cc(CO)c(CO)cc12)OCO4. The van der Waals surface area contributed by atoms with Crippen LogP contribution in [-0.2, 0) is 13.2 Å². The Morgan fingerprint density at radius 3 is 2.32 bits per heavy atom. The average Bonchev–Trinajstić information content (AvgIpc) is 3.23. The third-order valence-electron chi connectivity index (χ3n) is 5.68. The number of benzene rings is 3. The predicted molar refractivity (Wildman–Crippen MR) is 119 cm³/mol. The zero-order valence-corrected chi connectivity index (χ0v) is 17.5. The van der Waals surface area contributed by atoms with Gasteiger partial charge < -0.3 is 29.3 Å². The van der Waals surface area contributed by atoms with Crippen molar-refractivity contribution < 1.29 is 24.4 Å². The molecule has 7 nitrogen and oxygen atoms in total. The maximum atomic E-state index is 9.84. The minimum absolute atomic E-state index is 0.154. The van der Waals surface area contributed by atoms with Crippen molar-refractivity contribution >= 4 is 32.4 Å². The van der Waals surface area contributed by atoms with E-state index in [4.69, 9.17) is 19.2 Å². The van der Waals surface area contributed by atoms with Gasteiger partial charge in [-0.1, -0.05) is 12.1 Å². The van der Waals surface area contributed by atoms with E-state index in [-0.39, 0.29) is 20.0 Å². The van der Waals surface area contributed by atoms with Gasteiger partial charge in [-0.05, 0) is 60.3 Å². The van der Waals surface area contributed by atoms with Crippen LogP contribution in [0.25, 0.3) is 32.4 Å². The number of likely N-dealkylation sites (N-methyl/N-ethyl adjacent to an activating group) is 1. The van der Waals surface area contributed by atoms with Crippen molar-refractivity contribution in [2.75, 3.05) is 34.0 Å². The lowest BCUT2D eigenvalue weighted by molar-refractivity contribution is 0.174. The van der Waals surface area contributed by atoms with Crippen molar-refractivity contribution in [2.45, 2.75) is 13.2 Å². The van der Waals surface area contributed by atoms with Gasteiger partial charge in [0.05, 0.1) is 18.7 Å². The summed E-state index contributed by atoms with van der Waals surface area (Å²) in [6, 6.07) is 11.8. The number of pyridine rings is 1. The smallest absolute Gasteiger partial charge is 0.231 e. The highest BCUT2D eigenvalue weighted by molar-refractivity contribution is 6.17. The normalized spacial score (nSPS) is 13.1. The van der Waals surface area contributed by atoms with Crippen LogP contribution in [0, 0.1) is 0 Å². The van der Waals surface area contributed by atoms with Crippen molar-refractivity contribution in [3.63, 3.8) is 0 Å². The first-order valence-electron chi connectivity index (χ1n) is 10.2. The van der Waals surface area contributed by atoms with E-state index in [1.165, 1.54) is 0 Å². The predicted octanol–water partition coefficient (Wildman–Crippen LogP) is 3.19. The molecular formula is C24H24N2O5. The summed E-state index contributed by atoms with van der Waals surface area (Å²) in [6.45, 7) is 1.12. The number of rotatable bonds is 6. The van der Waals surface area contributed by atoms with Crippen LogP contribution in [0.4, 0.5) is 0 Å². The first-order chi connectivity index (χ1) is 15.1. The Labute approximate surface area is 179 Å². The van der Waals surface area contributed by atoms with E-state index in [9.17, 15) is 10.2 Å². The fourth-order valence-electron chi connectivity index (χ4n) is 4.02. The Kier molecular flexibility index (Phi) is 5.02. The molecule has 2 heterocycles. The number of aromatic nitrogens is 1. The maximum absolute atomic E-state index is 9.84. The fourth-order valence-corrected chi connectivity index (χ4v) is 4.02. The summed E-state index contributed by atoms with van der Waals surface area (Å²) >= 11 is 0. The van der Waals surface area contributed by atoms with Crippen LogP contribution in [0.2, 0.25) is 0 Å². The highest BCUT2D eigenvalue weighted by Crippen LogP contribution is 2.41. The van der Waals surface area contributed by atoms with Crippen molar-refractivity contribution in [3.05, 3.63) is 47.5 Å². The highest BCUT2D eigenvalue weighted by Gasteiger charge is 2.19. The molecule has 1 aliphatic rings. The van der Waals surface area contributed by atoms with E-state index >= 15 is 0 Å². The number of nitrogens with zero attached hydrogens (tertiary/aromatic N) is 2. The summed E-state index contributed by atoms with van der Waals surface area (Å²) in [5.74, 6) is 1.93. The minimum atomic E-state index is -0.164. The molecule has 1 aromatic heterocycles. The molecule has 0 fully saturated rings. The van der Waals surface area contributed by atoms with E-state index in [1.807, 2.05) is 55.4 Å². The van der Waals surface area contributed by atoms with Crippen LogP contribution in [0.3, 0.4) is 0 Å². The second-order valence-electron chi connectivity index (χ2n) is 7.94. The van der Waals surface area contributed by atoms with Crippen LogP contribution >= 0.6 is 0 Å². The van der Waals surface area contributed by atoms with Crippen LogP contribution in [0.15, 0.2) is 36.4 Å². The number of fused-ring (bicyclic) bond motifs is 6. The first kappa shape index (κ1) is 19.8. The molecule has 2 N–H and O–H groups in total. The summed E-state index contributed by atoms with van der Waals surface area (Å²) in [6.07, 6.45) is 0. The van der Waals surface area contributed by atoms with E-state index in [2.05, 4.69) is 0 Å². The maximum Gasteiger partial charge on any atom is 0.231 e. The van der Waals surface area contributed by atoms with Crippen molar-refractivity contribution in [2.24, 2.45) is 0 Å². The lowest BCUT2D eigenvalue weighted by atomic mass is 9.97. The topological polar surface area (TPSA) is 84.3 Å². The molecule has 0 bridgehead atoms. The largest absolute Gasteiger partial charge is 0.476 e. The average molecular weight is 420 g/mol. The number of aliphatic hydroxyl groups excluding tert-OH is 2. The summed E-state index contributed by atoms with van der Waals surface area (Å²) in [4.78, 5) is 6.95. The molecule has 0 amide bonds. The van der Waals surface area contributed by atoms with Crippen LogP contribution in [-0.4, -0.2) is 54.1 Å². The van der Waals surface area contributed by atoms with Crippen LogP contribution in [0.1, 0.15) is 11.1 Å². The first-order valence-corrected chi connectivity index (χ1v) is 10.2. The van der Waals surface area contributed by atoms with Gasteiger partial charge in [-0.2, -0.15) is 0 Å². The molecule has 0 spiro atoms. The van der Waals surface area contributed by atoms with Gasteiger partial charge in [0.1, 0.15) is 6.61 Å². The quantitative estimate of drug-likeness (QED) is 0.464. The second kappa shape index (κ2) is 7.85. The van der Waals surface area contributed by atoms with Gasteiger partial charge in [-0.25, -0.2) is 4.98 Å². The molecular weight excluding hydrogens is 396 g/mol. The molecule has 160 valence electrons. The van der Waals surface area contributed by atoms with Crippen molar-refractivity contribution in [1.29, 1.82) is 0 Å². The highest BCUT2D eigenvalue weighted by atomic mass is 16.7. The number of hydrogen-bond acceptors (Lipinski definition) is 7. The molecule has 5 rings (SSSR count). The Morgan fingerprint density at radius 2 is 1.61 bits per heavy atom. The number of aliphatic hydroxyl groups is 2. The molecule has 0 aliphatic carbocycles. The third kappa shape index (κ3) is 3.40. The summed E-state index contributed by atoms with van der Waals surface area (Å²) < 4.78 is 17.2. The molecule has 0 radical (unpaired) electrons. The van der Waals surface area contributed by atoms with Gasteiger partial charge in [-0.15, -0.1) is 0 Å². The molecule has 1 aliphatic heterocycles. The number of ether oxygens (including phenoxy) is 3. The number of hydrogen-bond donors (Lipinski definition) is 2. The Bertz CT molecular complexity index is 1300. The zero-order chi connectivity index (χ0) is 21.5. The molecule has 7 heteroatoms. The molecule has 4 aromatic rings. The van der Waals surface area contributed by atoms with Gasteiger partial charge in [0.2, 0.25) is 12.7 Å². The van der Waals surface area contributed by atoms with E-state index in [1.54, 1.807) is 0 Å². The Hall–Kier alpha value is -3.13. The summed E-state index contributed by atoms with van der Waals surface area (Å²) in [7, 11) is 3.98. The van der Waals surface area contributed by atoms with Gasteiger partial charge in [0.15, 0.2) is 11.5 Å². The summed E-state index contributed by atoms with van der Waals surface area (Å²) in [5.41, 5.74) is 2.15. The van der Waals surface area contributed by atoms with Gasteiger partial charge in [0, 0.05) is 22.7 Å². The second-order valence-corrected chi connectivity index (χ2v) is 7.94. The minimum Gasteiger partial charge on any atom is -0.476 e. The van der Waals surface area contributed by atoms with Crippen LogP contribution in [0.5, 0.6) is 17.4 Å². The Balaban J connectivity index is 1.80. The van der Waals surface area contributed by atoms with Gasteiger partial charge in [-0.3, -0.25) is 0 Å². The van der Waals surface area contributed by atoms with Crippen LogP contribution < -0.4 is 14.2 Å². The summed E-state index contributed by atoms with van der Waals surface area (Å²) in [5, 5.41) is 24.2. The zero-order valence-electron chi connectivity index (χ0n) is 17.5. The lowest BCUT2D eigenvalue weighted by Gasteiger charge is -2.16. The van der Waals surface area contributed by atoms with E-state index in [0.29, 0.717) is 29.4 Å². The molecule has 0 unspecified atom stereocenters. The van der Waals surface area contributed by atoms with Crippen molar-refractivity contribution in [3.8, 4) is 17.4 Å². The van der Waals surface area contributed by atoms with Gasteiger partial charge >= 0.3 is 0 Å². The Morgan fingerprint density at radius 1 is 0.903 bits per heavy atom. The van der Waals surface area contributed by atoms with Gasteiger partial charge in [0.25, 0.3) is 0 Å².